The van der Waals surface area contributed by atoms with Gasteiger partial charge < -0.3 is 16.0 Å². The molecule has 3 amide bonds. The third-order valence-corrected chi connectivity index (χ3v) is 4.78. The van der Waals surface area contributed by atoms with Gasteiger partial charge in [0.2, 0.25) is 0 Å². The zero-order chi connectivity index (χ0) is 17.7. The first-order valence-electron chi connectivity index (χ1n) is 8.15. The van der Waals surface area contributed by atoms with Crippen molar-refractivity contribution in [3.05, 3.63) is 53.1 Å². The van der Waals surface area contributed by atoms with Gasteiger partial charge >= 0.3 is 6.03 Å². The van der Waals surface area contributed by atoms with Crippen LogP contribution in [-0.4, -0.2) is 22.5 Å². The number of urea groups is 1. The summed E-state index contributed by atoms with van der Waals surface area (Å²) in [4.78, 5) is 29.3. The fraction of sp³-hybridized carbons (Fsp3) is 0.278. The molecule has 2 aromatic rings. The van der Waals surface area contributed by atoms with E-state index in [4.69, 9.17) is 0 Å². The van der Waals surface area contributed by atoms with Crippen molar-refractivity contribution in [2.24, 2.45) is 0 Å². The topological polar surface area (TPSA) is 83.1 Å². The molecule has 1 fully saturated rings. The fourth-order valence-electron chi connectivity index (χ4n) is 2.97. The van der Waals surface area contributed by atoms with Gasteiger partial charge in [-0.3, -0.25) is 4.79 Å². The first-order valence-corrected chi connectivity index (χ1v) is 8.94. The van der Waals surface area contributed by atoms with Crippen molar-refractivity contribution in [1.82, 2.24) is 10.3 Å². The summed E-state index contributed by atoms with van der Waals surface area (Å²) in [6.45, 7) is 0. The standard InChI is InChI=1S/C18H19BrN4O2/c19-13-6-8-14(9-7-13)21-17(25)23-18(10-2-3-11-18)16(24)22-15-5-1-4-12-20-15/h1,4-9,12H,2-3,10-11H2,(H,20,22,24)(H2,21,23,25). The number of carbonyl (C=O) groups excluding carboxylic acids is 2. The monoisotopic (exact) mass is 402 g/mol. The normalized spacial score (nSPS) is 15.4. The van der Waals surface area contributed by atoms with Gasteiger partial charge in [0.25, 0.3) is 5.91 Å². The third kappa shape index (κ3) is 4.36. The molecule has 25 heavy (non-hydrogen) atoms. The Morgan fingerprint density at radius 2 is 1.72 bits per heavy atom. The Kier molecular flexibility index (Phi) is 5.33. The number of anilines is 2. The van der Waals surface area contributed by atoms with E-state index in [2.05, 4.69) is 36.9 Å². The summed E-state index contributed by atoms with van der Waals surface area (Å²) in [6, 6.07) is 12.2. The van der Waals surface area contributed by atoms with E-state index < -0.39 is 5.54 Å². The largest absolute Gasteiger partial charge is 0.323 e. The third-order valence-electron chi connectivity index (χ3n) is 4.25. The lowest BCUT2D eigenvalue weighted by Gasteiger charge is -2.28. The number of carbonyl (C=O) groups is 2. The Hall–Kier alpha value is -2.41. The van der Waals surface area contributed by atoms with Crippen LogP contribution in [0, 0.1) is 0 Å². The van der Waals surface area contributed by atoms with Crippen molar-refractivity contribution in [3.63, 3.8) is 0 Å². The predicted molar refractivity (Wildman–Crippen MR) is 100 cm³/mol. The molecule has 1 aliphatic carbocycles. The van der Waals surface area contributed by atoms with E-state index in [1.54, 1.807) is 36.5 Å². The lowest BCUT2D eigenvalue weighted by atomic mass is 9.96. The van der Waals surface area contributed by atoms with Gasteiger partial charge in [0.15, 0.2) is 0 Å². The molecule has 130 valence electrons. The molecule has 0 unspecified atom stereocenters. The quantitative estimate of drug-likeness (QED) is 0.724. The van der Waals surface area contributed by atoms with Crippen LogP contribution in [0.2, 0.25) is 0 Å². The first kappa shape index (κ1) is 17.4. The lowest BCUT2D eigenvalue weighted by Crippen LogP contribution is -2.56. The minimum Gasteiger partial charge on any atom is -0.323 e. The summed E-state index contributed by atoms with van der Waals surface area (Å²) in [7, 11) is 0. The van der Waals surface area contributed by atoms with E-state index in [-0.39, 0.29) is 11.9 Å². The number of hydrogen-bond donors (Lipinski definition) is 3. The van der Waals surface area contributed by atoms with E-state index in [9.17, 15) is 9.59 Å². The Balaban J connectivity index is 1.68. The zero-order valence-electron chi connectivity index (χ0n) is 13.6. The summed E-state index contributed by atoms with van der Waals surface area (Å²) in [6.07, 6.45) is 4.63. The molecule has 1 saturated carbocycles. The molecular weight excluding hydrogens is 384 g/mol. The van der Waals surface area contributed by atoms with Crippen molar-refractivity contribution < 1.29 is 9.59 Å². The van der Waals surface area contributed by atoms with E-state index in [1.807, 2.05) is 12.1 Å². The molecule has 0 bridgehead atoms. The highest BCUT2D eigenvalue weighted by molar-refractivity contribution is 9.10. The lowest BCUT2D eigenvalue weighted by molar-refractivity contribution is -0.121. The minimum atomic E-state index is -0.906. The molecule has 1 aromatic carbocycles. The Morgan fingerprint density at radius 3 is 2.36 bits per heavy atom. The summed E-state index contributed by atoms with van der Waals surface area (Å²) in [5.41, 5.74) is -0.240. The summed E-state index contributed by atoms with van der Waals surface area (Å²) in [5, 5.41) is 8.45. The van der Waals surface area contributed by atoms with Gasteiger partial charge in [-0.1, -0.05) is 34.8 Å². The number of hydrogen-bond acceptors (Lipinski definition) is 3. The Labute approximate surface area is 154 Å². The van der Waals surface area contributed by atoms with E-state index >= 15 is 0 Å². The second kappa shape index (κ2) is 7.65. The SMILES string of the molecule is O=C(Nc1ccc(Br)cc1)NC1(C(=O)Nc2ccccn2)CCCC1. The molecule has 1 heterocycles. The fourth-order valence-corrected chi connectivity index (χ4v) is 3.24. The Bertz CT molecular complexity index is 743. The second-order valence-electron chi connectivity index (χ2n) is 6.04. The van der Waals surface area contributed by atoms with Gasteiger partial charge in [-0.15, -0.1) is 0 Å². The molecule has 1 aliphatic rings. The number of nitrogens with one attached hydrogen (secondary N) is 3. The molecule has 7 heteroatoms. The van der Waals surface area contributed by atoms with Gasteiger partial charge in [0.1, 0.15) is 11.4 Å². The number of benzene rings is 1. The van der Waals surface area contributed by atoms with E-state index in [0.29, 0.717) is 24.3 Å². The molecule has 3 N–H and O–H groups in total. The van der Waals surface area contributed by atoms with Crippen LogP contribution >= 0.6 is 15.9 Å². The number of pyridine rings is 1. The maximum Gasteiger partial charge on any atom is 0.320 e. The summed E-state index contributed by atoms with van der Waals surface area (Å²) in [5.74, 6) is 0.253. The smallest absolute Gasteiger partial charge is 0.320 e. The average molecular weight is 403 g/mol. The summed E-state index contributed by atoms with van der Waals surface area (Å²) >= 11 is 3.35. The average Bonchev–Trinajstić information content (AvgIpc) is 3.07. The van der Waals surface area contributed by atoms with Crippen LogP contribution in [0.25, 0.3) is 0 Å². The summed E-state index contributed by atoms with van der Waals surface area (Å²) < 4.78 is 0.931. The van der Waals surface area contributed by atoms with Crippen molar-refractivity contribution in [2.75, 3.05) is 10.6 Å². The van der Waals surface area contributed by atoms with Crippen molar-refractivity contribution in [1.29, 1.82) is 0 Å². The van der Waals surface area contributed by atoms with Crippen LogP contribution in [0.15, 0.2) is 53.1 Å². The van der Waals surface area contributed by atoms with Crippen LogP contribution in [0.4, 0.5) is 16.3 Å². The molecular formula is C18H19BrN4O2. The number of amides is 3. The number of rotatable bonds is 4. The zero-order valence-corrected chi connectivity index (χ0v) is 15.2. The maximum absolute atomic E-state index is 12.8. The molecule has 0 saturated heterocycles. The van der Waals surface area contributed by atoms with Crippen molar-refractivity contribution >= 4 is 39.4 Å². The van der Waals surface area contributed by atoms with Crippen LogP contribution in [-0.2, 0) is 4.79 Å². The van der Waals surface area contributed by atoms with Gasteiger partial charge in [0, 0.05) is 16.4 Å². The number of halogens is 1. The first-order chi connectivity index (χ1) is 12.1. The minimum absolute atomic E-state index is 0.227. The van der Waals surface area contributed by atoms with Gasteiger partial charge in [-0.2, -0.15) is 0 Å². The van der Waals surface area contributed by atoms with Gasteiger partial charge in [0.05, 0.1) is 0 Å². The van der Waals surface area contributed by atoms with E-state index in [1.165, 1.54) is 0 Å². The predicted octanol–water partition coefficient (Wildman–Crippen LogP) is 3.92. The second-order valence-corrected chi connectivity index (χ2v) is 6.96. The maximum atomic E-state index is 12.8. The van der Waals surface area contributed by atoms with Crippen molar-refractivity contribution in [2.45, 2.75) is 31.2 Å². The van der Waals surface area contributed by atoms with Crippen molar-refractivity contribution in [3.8, 4) is 0 Å². The highest BCUT2D eigenvalue weighted by Crippen LogP contribution is 2.31. The molecule has 0 aliphatic heterocycles. The highest BCUT2D eigenvalue weighted by Gasteiger charge is 2.42. The molecule has 3 rings (SSSR count). The molecule has 6 nitrogen and oxygen atoms in total. The number of aromatic nitrogens is 1. The Morgan fingerprint density at radius 1 is 1.00 bits per heavy atom. The number of nitrogens with zero attached hydrogens (tertiary/aromatic N) is 1. The molecule has 0 radical (unpaired) electrons. The van der Waals surface area contributed by atoms with Crippen LogP contribution in [0.5, 0.6) is 0 Å². The van der Waals surface area contributed by atoms with Gasteiger partial charge in [-0.25, -0.2) is 9.78 Å². The van der Waals surface area contributed by atoms with E-state index in [0.717, 1.165) is 17.3 Å². The van der Waals surface area contributed by atoms with Crippen LogP contribution < -0.4 is 16.0 Å². The van der Waals surface area contributed by atoms with Crippen LogP contribution in [0.3, 0.4) is 0 Å². The van der Waals surface area contributed by atoms with Gasteiger partial charge in [-0.05, 0) is 49.2 Å². The van der Waals surface area contributed by atoms with Crippen LogP contribution in [0.1, 0.15) is 25.7 Å². The molecule has 0 spiro atoms. The highest BCUT2D eigenvalue weighted by atomic mass is 79.9. The molecule has 0 atom stereocenters. The molecule has 1 aromatic heterocycles.